The molecule has 0 aliphatic carbocycles. The second kappa shape index (κ2) is 35.7. The van der Waals surface area contributed by atoms with Crippen molar-refractivity contribution < 1.29 is 94.3 Å². The normalized spacial score (nSPS) is 21.1. The van der Waals surface area contributed by atoms with Crippen LogP contribution < -0.4 is 47.5 Å². The molecule has 24 nitrogen and oxygen atoms in total. The fourth-order valence-electron chi connectivity index (χ4n) is 11.6. The molecule has 5 aromatic carbocycles. The monoisotopic (exact) mass is 1460 g/mol. The van der Waals surface area contributed by atoms with Crippen molar-refractivity contribution in [1.29, 1.82) is 0 Å². The van der Waals surface area contributed by atoms with E-state index in [1.54, 1.807) is 12.1 Å². The molecule has 7 aliphatic heterocycles. The van der Waals surface area contributed by atoms with E-state index in [9.17, 15) is 34.6 Å². The third-order valence-corrected chi connectivity index (χ3v) is 19.6. The molecule has 0 bridgehead atoms. The Morgan fingerprint density at radius 2 is 0.889 bits per heavy atom. The van der Waals surface area contributed by atoms with Gasteiger partial charge in [-0.15, -0.1) is 0 Å². The second-order valence-electron chi connectivity index (χ2n) is 28.3. The van der Waals surface area contributed by atoms with Crippen molar-refractivity contribution in [3.8, 4) is 11.5 Å². The minimum absolute atomic E-state index is 0. The predicted octanol–water partition coefficient (Wildman–Crippen LogP) is 12.0. The maximum atomic E-state index is 12.9. The van der Waals surface area contributed by atoms with Gasteiger partial charge >= 0.3 is 38.9 Å². The number of hydrogen-bond donors (Lipinski definition) is 4. The van der Waals surface area contributed by atoms with Crippen molar-refractivity contribution >= 4 is 95.3 Å². The van der Waals surface area contributed by atoms with Crippen LogP contribution in [-0.4, -0.2) is 162 Å². The third kappa shape index (κ3) is 23.0. The summed E-state index contributed by atoms with van der Waals surface area (Å²) in [5.74, 6) is 0.377. The van der Waals surface area contributed by atoms with Crippen LogP contribution in [0.5, 0.6) is 11.5 Å². The first-order chi connectivity index (χ1) is 45.7. The van der Waals surface area contributed by atoms with Crippen LogP contribution in [-0.2, 0) is 60.6 Å². The predicted molar refractivity (Wildman–Crippen MR) is 386 cm³/mol. The maximum absolute atomic E-state index is 12.9. The van der Waals surface area contributed by atoms with Crippen molar-refractivity contribution in [2.24, 2.45) is 0 Å². The number of carbonyl (C=O) groups excluding carboxylic acids is 3. The van der Waals surface area contributed by atoms with Crippen LogP contribution in [0.15, 0.2) is 121 Å². The molecule has 29 heteroatoms. The van der Waals surface area contributed by atoms with Crippen LogP contribution in [0.4, 0.5) is 42.8 Å². The van der Waals surface area contributed by atoms with Gasteiger partial charge in [0, 0.05) is 117 Å². The van der Waals surface area contributed by atoms with Crippen LogP contribution in [0.3, 0.4) is 0 Å². The summed E-state index contributed by atoms with van der Waals surface area (Å²) in [6.45, 7) is 33.8. The summed E-state index contributed by atoms with van der Waals surface area (Å²) in [4.78, 5) is 62.0. The van der Waals surface area contributed by atoms with E-state index in [-0.39, 0.29) is 106 Å². The number of nitrogens with one attached hydrogen (secondary N) is 3. The average Bonchev–Trinajstić information content (AvgIpc) is 1.64. The molecule has 0 saturated carbocycles. The van der Waals surface area contributed by atoms with E-state index in [0.29, 0.717) is 11.7 Å². The molecule has 1 radical (unpaired) electrons. The number of rotatable bonds is 13. The summed E-state index contributed by atoms with van der Waals surface area (Å²) in [5, 5.41) is 30.1. The van der Waals surface area contributed by atoms with E-state index in [1.807, 2.05) is 121 Å². The number of ether oxygens (including phenoxy) is 2. The molecule has 7 aliphatic rings. The Kier molecular flexibility index (Phi) is 29.5. The van der Waals surface area contributed by atoms with Gasteiger partial charge in [0.25, 0.3) is 11.4 Å². The van der Waals surface area contributed by atoms with Crippen molar-refractivity contribution in [3.63, 3.8) is 0 Å². The molecule has 5 aromatic rings. The van der Waals surface area contributed by atoms with Gasteiger partial charge in [-0.1, -0.05) is 43.8 Å². The van der Waals surface area contributed by atoms with E-state index < -0.39 is 39.7 Å². The van der Waals surface area contributed by atoms with Gasteiger partial charge in [-0.25, -0.2) is 14.4 Å². The second-order valence-corrected chi connectivity index (χ2v) is 28.6. The summed E-state index contributed by atoms with van der Waals surface area (Å²) >= 11 is 4.92. The first-order valence-corrected chi connectivity index (χ1v) is 33.8. The summed E-state index contributed by atoms with van der Waals surface area (Å²) in [6, 6.07) is 33.9. The average molecular weight is 1460 g/mol. The molecule has 7 saturated heterocycles. The Hall–Kier alpha value is -6.06. The van der Waals surface area contributed by atoms with Crippen LogP contribution in [0, 0.1) is 20.2 Å². The van der Waals surface area contributed by atoms with Crippen molar-refractivity contribution in [1.82, 2.24) is 20.0 Å². The number of nitrogen functional groups attached to an aromatic ring is 1. The molecule has 533 valence electrons. The molecule has 0 spiro atoms. The topological polar surface area (TPSA) is 283 Å². The van der Waals surface area contributed by atoms with Crippen LogP contribution in [0.25, 0.3) is 0 Å². The Balaban J connectivity index is 0.000000204. The third-order valence-electron chi connectivity index (χ3n) is 19.5. The molecule has 7 fully saturated rings. The van der Waals surface area contributed by atoms with Crippen LogP contribution in [0.2, 0.25) is 0 Å². The fraction of sp³-hybridized carbons (Fsp3) is 0.529. The molecular formula is C70H99B3ClN9O15Y. The minimum Gasteiger partial charge on any atom is -0.414 e. The molecule has 99 heavy (non-hydrogen) atoms. The number of benzene rings is 5. The van der Waals surface area contributed by atoms with E-state index in [0.717, 1.165) is 59.7 Å². The number of amides is 3. The summed E-state index contributed by atoms with van der Waals surface area (Å²) in [7, 11) is -1.16. The summed E-state index contributed by atoms with van der Waals surface area (Å²) in [5.41, 5.74) is 7.27. The molecule has 12 rings (SSSR count). The Bertz CT molecular complexity index is 3370. The van der Waals surface area contributed by atoms with Crippen molar-refractivity contribution in [2.75, 3.05) is 68.7 Å². The van der Waals surface area contributed by atoms with Gasteiger partial charge < -0.3 is 68.5 Å². The van der Waals surface area contributed by atoms with Gasteiger partial charge in [0.05, 0.1) is 43.5 Å². The quantitative estimate of drug-likeness (QED) is 0.0280. The number of nitrogens with two attached hydrogens (primary N) is 1. The van der Waals surface area contributed by atoms with Crippen LogP contribution >= 0.6 is 11.6 Å². The van der Waals surface area contributed by atoms with E-state index in [2.05, 4.69) is 58.2 Å². The van der Waals surface area contributed by atoms with Gasteiger partial charge in [0.15, 0.2) is 0 Å². The maximum Gasteiger partial charge on any atom is 0.494 e. The molecule has 2 atom stereocenters. The number of nitrogens with zero attached hydrogens (tertiary/aromatic N) is 5. The van der Waals surface area contributed by atoms with Gasteiger partial charge in [-0.05, 0) is 244 Å². The number of urea groups is 1. The Labute approximate surface area is 615 Å². The number of anilines is 3. The number of hydrogen-bond acceptors (Lipinski definition) is 19. The summed E-state index contributed by atoms with van der Waals surface area (Å²) < 4.78 is 45.6. The zero-order valence-electron chi connectivity index (χ0n) is 58.6. The van der Waals surface area contributed by atoms with Gasteiger partial charge in [0.1, 0.15) is 11.5 Å². The number of carbonyl (C=O) groups is 3. The minimum atomic E-state index is -0.978. The first-order valence-electron chi connectivity index (χ1n) is 33.4. The molecule has 5 N–H and O–H groups in total. The molecule has 3 amide bonds. The van der Waals surface area contributed by atoms with Crippen molar-refractivity contribution in [3.05, 3.63) is 142 Å². The molecule has 7 heterocycles. The number of non-ortho nitro benzene ring substituents is 2. The molecular weight excluding hydrogens is 1360 g/mol. The SMILES string of the molecule is C.C1CN[C@H](CN2CCCC2)C1.CC1(C)OB(c2ccc(N)cc2)OC1(C)C.CC1(C)OB(c2ccc(NC(=O)N3CCC[C@H]3CN3CCCC3)cc2)OC1(C)C.CC1(C)OB(c2ccc(NC(=O)Oc3ccc([N+](=O)[O-])cc3)cc2)OC1(C)C.O=C(Cl)Oc1ccc([N+](=O)[O-])cc1.[Y]. The smallest absolute Gasteiger partial charge is 0.414 e. The Morgan fingerprint density at radius 1 is 0.525 bits per heavy atom. The number of halogens is 1. The largest absolute Gasteiger partial charge is 0.494 e. The van der Waals surface area contributed by atoms with Gasteiger partial charge in [-0.2, -0.15) is 0 Å². The summed E-state index contributed by atoms with van der Waals surface area (Å²) in [6.07, 6.45) is 9.70. The van der Waals surface area contributed by atoms with Gasteiger partial charge in [-0.3, -0.25) is 25.5 Å². The zero-order chi connectivity index (χ0) is 70.5. The van der Waals surface area contributed by atoms with E-state index >= 15 is 0 Å². The number of nitro benzene ring substituents is 2. The zero-order valence-corrected chi connectivity index (χ0v) is 62.2. The number of nitro groups is 2. The molecule has 0 aromatic heterocycles. The van der Waals surface area contributed by atoms with E-state index in [1.165, 1.54) is 126 Å². The van der Waals surface area contributed by atoms with Crippen molar-refractivity contribution in [2.45, 2.75) is 188 Å². The fourth-order valence-corrected chi connectivity index (χ4v) is 11.7. The van der Waals surface area contributed by atoms with E-state index in [4.69, 9.17) is 50.0 Å². The molecule has 0 unspecified atom stereocenters. The van der Waals surface area contributed by atoms with Crippen LogP contribution in [0.1, 0.15) is 142 Å². The first kappa shape index (κ1) is 81.9. The Morgan fingerprint density at radius 3 is 1.25 bits per heavy atom. The standard InChI is InChI=1S/C22H34BN3O3.C19H21BN2O6.C12H18BNO2.C9H18N2.C7H4ClNO4.CH4.Y/c1-21(2)22(3,4)29-23(28-21)17-9-11-18(12-10-17)24-20(27)26-15-7-8-19(26)16-25-13-5-6-14-25;1-18(2)19(3,4)28-20(27-18)13-5-7-14(8-6-13)21-17(23)26-16-11-9-15(10-12-16)22(24)25;1-11(2)12(3,4)16-13(15-11)9-5-7-10(14)8-6-9;1-2-7-11(6-1)8-9-4-3-5-10-9;8-7(10)13-6-3-1-5(2-4-6)9(11)12;;/h9-12,19H,5-8,13-16H2,1-4H3,(H,24,27);5-12H,1-4H3,(H,21,23);5-8H,14H2,1-4H3;9-10H,1-8H2;1-4H;1H4;/t19-;;;9-;;;/m0..0.../s1. The number of likely N-dealkylation sites (tertiary alicyclic amines) is 3. The van der Waals surface area contributed by atoms with Gasteiger partial charge in [0.2, 0.25) is 0 Å².